The summed E-state index contributed by atoms with van der Waals surface area (Å²) in [5, 5.41) is 6.07. The van der Waals surface area contributed by atoms with Crippen molar-refractivity contribution < 1.29 is 19.0 Å². The molecule has 0 radical (unpaired) electrons. The lowest BCUT2D eigenvalue weighted by molar-refractivity contribution is 0.249. The van der Waals surface area contributed by atoms with Crippen LogP contribution in [0.3, 0.4) is 0 Å². The first-order valence-electron chi connectivity index (χ1n) is 8.41. The highest BCUT2D eigenvalue weighted by atomic mass is 35.5. The quantitative estimate of drug-likeness (QED) is 0.729. The zero-order valence-electron chi connectivity index (χ0n) is 16.2. The van der Waals surface area contributed by atoms with Gasteiger partial charge in [-0.15, -0.1) is 0 Å². The average molecular weight is 393 g/mol. The fourth-order valence-corrected chi connectivity index (χ4v) is 2.80. The molecule has 0 fully saturated rings. The van der Waals surface area contributed by atoms with Crippen molar-refractivity contribution in [1.82, 2.24) is 5.32 Å². The van der Waals surface area contributed by atoms with E-state index in [0.29, 0.717) is 28.8 Å². The number of urea groups is 1. The summed E-state index contributed by atoms with van der Waals surface area (Å²) >= 11 is 6.08. The Labute approximate surface area is 164 Å². The Morgan fingerprint density at radius 3 is 2.19 bits per heavy atom. The van der Waals surface area contributed by atoms with Crippen LogP contribution in [0.4, 0.5) is 10.5 Å². The summed E-state index contributed by atoms with van der Waals surface area (Å²) in [7, 11) is 4.65. The number of halogens is 1. The maximum atomic E-state index is 12.4. The van der Waals surface area contributed by atoms with Crippen LogP contribution in [0, 0.1) is 0 Å². The van der Waals surface area contributed by atoms with E-state index < -0.39 is 0 Å². The predicted molar refractivity (Wildman–Crippen MR) is 108 cm³/mol. The third kappa shape index (κ3) is 5.20. The monoisotopic (exact) mass is 392 g/mol. The number of carbonyl (C=O) groups excluding carboxylic acids is 1. The first-order valence-corrected chi connectivity index (χ1v) is 8.79. The van der Waals surface area contributed by atoms with E-state index in [-0.39, 0.29) is 11.4 Å². The van der Waals surface area contributed by atoms with Crippen molar-refractivity contribution in [1.29, 1.82) is 0 Å². The molecule has 0 spiro atoms. The maximum Gasteiger partial charge on any atom is 0.319 e. The summed E-state index contributed by atoms with van der Waals surface area (Å²) in [6.45, 7) is 4.56. The number of carbonyl (C=O) groups is 1. The van der Waals surface area contributed by atoms with Gasteiger partial charge in [-0.1, -0.05) is 37.6 Å². The highest BCUT2D eigenvalue weighted by Gasteiger charge is 2.22. The second-order valence-corrected chi connectivity index (χ2v) is 7.01. The van der Waals surface area contributed by atoms with Gasteiger partial charge in [-0.25, -0.2) is 4.79 Å². The van der Waals surface area contributed by atoms with Crippen molar-refractivity contribution in [3.05, 3.63) is 47.0 Å². The Bertz CT molecular complexity index is 791. The molecule has 0 heterocycles. The molecule has 7 heteroatoms. The lowest BCUT2D eigenvalue weighted by Gasteiger charge is -2.26. The fourth-order valence-electron chi connectivity index (χ4n) is 2.57. The summed E-state index contributed by atoms with van der Waals surface area (Å²) in [6, 6.07) is 10.7. The second-order valence-electron chi connectivity index (χ2n) is 6.61. The Balaban J connectivity index is 2.05. The number of anilines is 1. The second kappa shape index (κ2) is 8.86. The largest absolute Gasteiger partial charge is 0.497 e. The van der Waals surface area contributed by atoms with Gasteiger partial charge in [-0.3, -0.25) is 0 Å². The van der Waals surface area contributed by atoms with Crippen molar-refractivity contribution in [3.63, 3.8) is 0 Å². The van der Waals surface area contributed by atoms with E-state index in [0.717, 1.165) is 11.3 Å². The van der Waals surface area contributed by atoms with Crippen LogP contribution in [0.15, 0.2) is 36.4 Å². The van der Waals surface area contributed by atoms with Crippen molar-refractivity contribution in [2.45, 2.75) is 19.3 Å². The van der Waals surface area contributed by atoms with Gasteiger partial charge >= 0.3 is 6.03 Å². The van der Waals surface area contributed by atoms with Crippen LogP contribution in [0.5, 0.6) is 17.2 Å². The minimum Gasteiger partial charge on any atom is -0.497 e. The molecule has 6 nitrogen and oxygen atoms in total. The smallest absolute Gasteiger partial charge is 0.319 e. The zero-order valence-corrected chi connectivity index (χ0v) is 16.9. The Kier molecular flexibility index (Phi) is 6.80. The standard InChI is InChI=1S/C20H25ClN2O4/c1-20(2,13-6-8-14(25-3)9-7-13)12-22-19(24)23-16-11-17(26-4)15(21)10-18(16)27-5/h6-11H,12H2,1-5H3,(H2,22,23,24). The van der Waals surface area contributed by atoms with Crippen LogP contribution in [0.25, 0.3) is 0 Å². The molecule has 0 aliphatic heterocycles. The number of hydrogen-bond acceptors (Lipinski definition) is 4. The van der Waals surface area contributed by atoms with Gasteiger partial charge in [0, 0.05) is 24.1 Å². The summed E-state index contributed by atoms with van der Waals surface area (Å²) in [6.07, 6.45) is 0. The van der Waals surface area contributed by atoms with Gasteiger partial charge in [0.15, 0.2) is 0 Å². The highest BCUT2D eigenvalue weighted by Crippen LogP contribution is 2.35. The number of amides is 2. The van der Waals surface area contributed by atoms with E-state index in [2.05, 4.69) is 24.5 Å². The molecular formula is C20H25ClN2O4. The summed E-state index contributed by atoms with van der Waals surface area (Å²) in [5.74, 6) is 1.70. The van der Waals surface area contributed by atoms with Gasteiger partial charge in [-0.05, 0) is 17.7 Å². The van der Waals surface area contributed by atoms with Crippen molar-refractivity contribution in [3.8, 4) is 17.2 Å². The molecule has 0 unspecified atom stereocenters. The zero-order chi connectivity index (χ0) is 20.0. The lowest BCUT2D eigenvalue weighted by Crippen LogP contribution is -2.39. The minimum absolute atomic E-state index is 0.259. The number of benzene rings is 2. The van der Waals surface area contributed by atoms with Gasteiger partial charge in [0.05, 0.1) is 32.0 Å². The average Bonchev–Trinajstić information content (AvgIpc) is 2.67. The third-order valence-electron chi connectivity index (χ3n) is 4.28. The van der Waals surface area contributed by atoms with E-state index in [1.807, 2.05) is 24.3 Å². The number of rotatable bonds is 7. The van der Waals surface area contributed by atoms with Crippen LogP contribution in [-0.2, 0) is 5.41 Å². The molecule has 27 heavy (non-hydrogen) atoms. The van der Waals surface area contributed by atoms with E-state index in [1.165, 1.54) is 14.2 Å². The molecule has 0 aliphatic carbocycles. The SMILES string of the molecule is COc1ccc(C(C)(C)CNC(=O)Nc2cc(OC)c(Cl)cc2OC)cc1. The molecule has 0 aromatic heterocycles. The molecule has 0 saturated heterocycles. The predicted octanol–water partition coefficient (Wildman–Crippen LogP) is 4.47. The van der Waals surface area contributed by atoms with Gasteiger partial charge in [0.25, 0.3) is 0 Å². The van der Waals surface area contributed by atoms with E-state index in [4.69, 9.17) is 25.8 Å². The Morgan fingerprint density at radius 1 is 1.00 bits per heavy atom. The number of hydrogen-bond donors (Lipinski definition) is 2. The molecule has 146 valence electrons. The number of ether oxygens (including phenoxy) is 3. The van der Waals surface area contributed by atoms with Crippen molar-refractivity contribution in [2.75, 3.05) is 33.2 Å². The van der Waals surface area contributed by atoms with Crippen LogP contribution >= 0.6 is 11.6 Å². The number of methoxy groups -OCH3 is 3. The summed E-state index contributed by atoms with van der Waals surface area (Å²) in [4.78, 5) is 12.4. The molecule has 2 N–H and O–H groups in total. The minimum atomic E-state index is -0.348. The van der Waals surface area contributed by atoms with E-state index >= 15 is 0 Å². The van der Waals surface area contributed by atoms with Crippen LogP contribution in [0.2, 0.25) is 5.02 Å². The molecular weight excluding hydrogens is 368 g/mol. The molecule has 0 bridgehead atoms. The van der Waals surface area contributed by atoms with Gasteiger partial charge in [0.2, 0.25) is 0 Å². The molecule has 2 aromatic carbocycles. The Hall–Kier alpha value is -2.60. The molecule has 2 rings (SSSR count). The summed E-state index contributed by atoms with van der Waals surface area (Å²) in [5.41, 5.74) is 1.30. The highest BCUT2D eigenvalue weighted by molar-refractivity contribution is 6.32. The number of nitrogens with one attached hydrogen (secondary N) is 2. The first-order chi connectivity index (χ1) is 12.8. The van der Waals surface area contributed by atoms with Crippen LogP contribution in [-0.4, -0.2) is 33.9 Å². The van der Waals surface area contributed by atoms with Gasteiger partial charge < -0.3 is 24.8 Å². The molecule has 0 saturated carbocycles. The maximum absolute atomic E-state index is 12.4. The van der Waals surface area contributed by atoms with Gasteiger partial charge in [0.1, 0.15) is 17.2 Å². The van der Waals surface area contributed by atoms with Crippen LogP contribution < -0.4 is 24.8 Å². The summed E-state index contributed by atoms with van der Waals surface area (Å²) < 4.78 is 15.6. The normalized spacial score (nSPS) is 10.9. The molecule has 0 atom stereocenters. The first kappa shape index (κ1) is 20.7. The van der Waals surface area contributed by atoms with E-state index in [9.17, 15) is 4.79 Å². The molecule has 0 aliphatic rings. The Morgan fingerprint density at radius 2 is 1.63 bits per heavy atom. The fraction of sp³-hybridized carbons (Fsp3) is 0.350. The third-order valence-corrected chi connectivity index (χ3v) is 4.58. The van der Waals surface area contributed by atoms with Crippen LogP contribution in [0.1, 0.15) is 19.4 Å². The topological polar surface area (TPSA) is 68.8 Å². The molecule has 2 aromatic rings. The lowest BCUT2D eigenvalue weighted by atomic mass is 9.84. The molecule has 2 amide bonds. The van der Waals surface area contributed by atoms with Crippen molar-refractivity contribution in [2.24, 2.45) is 0 Å². The van der Waals surface area contributed by atoms with Crippen molar-refractivity contribution >= 4 is 23.3 Å². The van der Waals surface area contributed by atoms with E-state index in [1.54, 1.807) is 19.2 Å². The van der Waals surface area contributed by atoms with Gasteiger partial charge in [-0.2, -0.15) is 0 Å².